The molecule has 0 fully saturated rings. The number of thiazole rings is 3. The van der Waals surface area contributed by atoms with Crippen molar-refractivity contribution in [3.63, 3.8) is 0 Å². The molecule has 0 saturated heterocycles. The van der Waals surface area contributed by atoms with Crippen LogP contribution in [0.3, 0.4) is 0 Å². The molecular formula is C57H71N9O3S6. The summed E-state index contributed by atoms with van der Waals surface area (Å²) in [4.78, 5) is 60.9. The number of thiophene rings is 3. The number of primary amides is 1. The van der Waals surface area contributed by atoms with Crippen LogP contribution in [-0.2, 0) is 61.3 Å². The highest BCUT2D eigenvalue weighted by Crippen LogP contribution is 2.48. The van der Waals surface area contributed by atoms with Gasteiger partial charge in [0.15, 0.2) is 0 Å². The van der Waals surface area contributed by atoms with Gasteiger partial charge in [0.25, 0.3) is 5.91 Å². The highest BCUT2D eigenvalue weighted by molar-refractivity contribution is 7.23. The molecule has 0 radical (unpaired) electrons. The average Bonchev–Trinajstić information content (AvgIpc) is 4.30. The molecule has 4 aliphatic rings. The maximum Gasteiger partial charge on any atom is 0.259 e. The summed E-state index contributed by atoms with van der Waals surface area (Å²) in [5, 5.41) is 11.9. The van der Waals surface area contributed by atoms with Gasteiger partial charge in [-0.05, 0) is 119 Å². The molecule has 0 spiro atoms. The normalized spacial score (nSPS) is 15.0. The van der Waals surface area contributed by atoms with Gasteiger partial charge in [-0.15, -0.1) is 68.0 Å². The third-order valence-electron chi connectivity index (χ3n) is 13.6. The van der Waals surface area contributed by atoms with Crippen molar-refractivity contribution >= 4 is 117 Å². The van der Waals surface area contributed by atoms with Crippen molar-refractivity contribution in [1.29, 1.82) is 0 Å². The number of hydrogen-bond acceptors (Lipinski definition) is 16. The topological polar surface area (TPSA) is 150 Å². The van der Waals surface area contributed by atoms with Gasteiger partial charge < -0.3 is 21.2 Å². The van der Waals surface area contributed by atoms with Crippen molar-refractivity contribution in [1.82, 2.24) is 29.7 Å². The van der Waals surface area contributed by atoms with Crippen LogP contribution in [0.25, 0.3) is 52.1 Å². The summed E-state index contributed by atoms with van der Waals surface area (Å²) < 4.78 is 2.41. The fourth-order valence-corrected chi connectivity index (χ4v) is 17.3. The van der Waals surface area contributed by atoms with Crippen LogP contribution in [0.5, 0.6) is 0 Å². The minimum atomic E-state index is -0.346. The molecule has 75 heavy (non-hydrogen) atoms. The number of amides is 2. The quantitative estimate of drug-likeness (QED) is 0.113. The summed E-state index contributed by atoms with van der Waals surface area (Å²) in [5.74, 6) is -0.340. The molecule has 2 aromatic carbocycles. The lowest BCUT2D eigenvalue weighted by atomic mass is 10.0. The molecule has 8 aromatic rings. The fourth-order valence-electron chi connectivity index (χ4n) is 10.1. The third-order valence-corrected chi connectivity index (χ3v) is 20.6. The molecule has 0 unspecified atom stereocenters. The molecule has 6 aromatic heterocycles. The molecule has 0 atom stereocenters. The van der Waals surface area contributed by atoms with Gasteiger partial charge in [0.1, 0.15) is 31.2 Å². The van der Waals surface area contributed by atoms with Gasteiger partial charge in [-0.25, -0.2) is 15.0 Å². The summed E-state index contributed by atoms with van der Waals surface area (Å²) >= 11 is 10.5. The predicted octanol–water partition coefficient (Wildman–Crippen LogP) is 13.7. The van der Waals surface area contributed by atoms with Crippen molar-refractivity contribution in [2.24, 2.45) is 5.73 Å². The van der Waals surface area contributed by atoms with E-state index in [4.69, 9.17) is 25.5 Å². The van der Waals surface area contributed by atoms with Crippen LogP contribution in [0.1, 0.15) is 119 Å². The predicted molar refractivity (Wildman–Crippen MR) is 322 cm³/mol. The Morgan fingerprint density at radius 2 is 1.16 bits per heavy atom. The van der Waals surface area contributed by atoms with E-state index in [1.807, 2.05) is 61.8 Å². The minimum absolute atomic E-state index is 0.00609. The Kier molecular flexibility index (Phi) is 20.0. The van der Waals surface area contributed by atoms with Crippen LogP contribution in [0.2, 0.25) is 0 Å². The van der Waals surface area contributed by atoms with Gasteiger partial charge >= 0.3 is 0 Å². The molecule has 398 valence electrons. The fraction of sp³-hybridized carbons (Fsp3) is 0.439. The van der Waals surface area contributed by atoms with Crippen LogP contribution >= 0.6 is 68.0 Å². The van der Waals surface area contributed by atoms with E-state index in [2.05, 4.69) is 76.4 Å². The lowest BCUT2D eigenvalue weighted by Crippen LogP contribution is -2.30. The first-order valence-electron chi connectivity index (χ1n) is 26.5. The van der Waals surface area contributed by atoms with Gasteiger partial charge in [-0.2, -0.15) is 0 Å². The smallest absolute Gasteiger partial charge is 0.259 e. The number of para-hydroxylation sites is 2. The number of rotatable bonds is 10. The SMILES string of the molecule is CC.CC=O.CCCN1CCc2c(sc(NC(C)=O)c2-c2nc3c(s2)CCCC3)C1.CCN1CCc2c(sc(C(N)=O)c2-c2nc3ccccc3s2)C1.CCN1CCc2sc(NC)c(-c3nc4ccccc4s3)c2C1. The summed E-state index contributed by atoms with van der Waals surface area (Å²) in [7, 11) is 2.02. The highest BCUT2D eigenvalue weighted by atomic mass is 32.1. The number of nitrogens with zero attached hydrogens (tertiary/aromatic N) is 6. The third kappa shape index (κ3) is 12.8. The number of hydrogen-bond donors (Lipinski definition) is 3. The van der Waals surface area contributed by atoms with Gasteiger partial charge in [0.2, 0.25) is 5.91 Å². The lowest BCUT2D eigenvalue weighted by Gasteiger charge is -2.26. The molecule has 3 aliphatic heterocycles. The van der Waals surface area contributed by atoms with E-state index in [-0.39, 0.29) is 11.8 Å². The van der Waals surface area contributed by atoms with Gasteiger partial charge in [-0.1, -0.05) is 58.9 Å². The molecule has 0 saturated carbocycles. The van der Waals surface area contributed by atoms with E-state index >= 15 is 0 Å². The van der Waals surface area contributed by atoms with Crippen LogP contribution in [0, 0.1) is 0 Å². The Morgan fingerprint density at radius 1 is 0.627 bits per heavy atom. The van der Waals surface area contributed by atoms with E-state index in [9.17, 15) is 9.59 Å². The number of anilines is 2. The van der Waals surface area contributed by atoms with Crippen molar-refractivity contribution in [3.8, 4) is 31.7 Å². The summed E-state index contributed by atoms with van der Waals surface area (Å²) in [5.41, 5.74) is 16.8. The van der Waals surface area contributed by atoms with Crippen LogP contribution in [0.15, 0.2) is 48.5 Å². The van der Waals surface area contributed by atoms with Gasteiger partial charge in [0.05, 0.1) is 31.1 Å². The number of likely N-dealkylation sites (N-methyl/N-ethyl adjacent to an activating group) is 2. The standard InChI is InChI=1S/C19H25N3OS2.C17H17N3OS2.C17H19N3S2.C2H4O.C2H6/c1-3-9-22-10-8-13-16(11-22)25-18(20-12(2)23)17(13)19-21-14-6-4-5-7-15(14)24-19;1-2-20-8-7-10-13(9-20)22-15(16(18)21)14(10)17-19-11-5-3-4-6-12(11)23-17;1-3-20-9-8-13-11(10-20)15(16(18-2)21-13)17-19-12-6-4-5-7-14(12)22-17;1-2-3;1-2/h3-11H2,1-2H3,(H,20,23);3-6H,2,7-9H2,1H3,(H2,18,21);4-7,18H,3,8-10H2,1-2H3;2H,1H3;1-2H3. The maximum absolute atomic E-state index is 12.0. The van der Waals surface area contributed by atoms with Crippen molar-refractivity contribution in [3.05, 3.63) is 95.3 Å². The van der Waals surface area contributed by atoms with Crippen molar-refractivity contribution < 1.29 is 14.4 Å². The molecule has 1 aliphatic carbocycles. The van der Waals surface area contributed by atoms with Crippen LogP contribution in [-0.4, -0.2) is 94.1 Å². The van der Waals surface area contributed by atoms with Gasteiger partial charge in [-0.3, -0.25) is 24.3 Å². The first-order valence-corrected chi connectivity index (χ1v) is 31.4. The molecule has 12 nitrogen and oxygen atoms in total. The van der Waals surface area contributed by atoms with E-state index < -0.39 is 0 Å². The zero-order chi connectivity index (χ0) is 53.2. The number of carbonyl (C=O) groups excluding carboxylic acids is 3. The Morgan fingerprint density at radius 3 is 1.76 bits per heavy atom. The maximum atomic E-state index is 12.0. The van der Waals surface area contributed by atoms with Gasteiger partial charge in [0, 0.05) is 89.4 Å². The molecular weight excluding hydrogens is 1050 g/mol. The van der Waals surface area contributed by atoms with Crippen LogP contribution < -0.4 is 16.4 Å². The number of fused-ring (bicyclic) bond motifs is 6. The minimum Gasteiger partial charge on any atom is -0.379 e. The number of benzene rings is 2. The number of nitrogens with one attached hydrogen (secondary N) is 2. The van der Waals surface area contributed by atoms with Crippen molar-refractivity contribution in [2.75, 3.05) is 56.9 Å². The largest absolute Gasteiger partial charge is 0.379 e. The van der Waals surface area contributed by atoms with E-state index in [1.165, 1.54) is 102 Å². The van der Waals surface area contributed by atoms with E-state index in [0.717, 1.165) is 126 Å². The Bertz CT molecular complexity index is 3140. The zero-order valence-corrected chi connectivity index (χ0v) is 49.6. The molecule has 18 heteroatoms. The number of nitrogens with two attached hydrogens (primary N) is 1. The van der Waals surface area contributed by atoms with Crippen molar-refractivity contribution in [2.45, 2.75) is 119 Å². The number of aryl methyl sites for hydroxylation is 2. The van der Waals surface area contributed by atoms with Crippen LogP contribution in [0.4, 0.5) is 10.0 Å². The summed E-state index contributed by atoms with van der Waals surface area (Å²) in [6, 6.07) is 16.5. The van der Waals surface area contributed by atoms with E-state index in [1.54, 1.807) is 52.3 Å². The number of carbonyl (C=O) groups is 3. The Balaban J connectivity index is 0.000000143. The Hall–Kier alpha value is -4.76. The zero-order valence-electron chi connectivity index (χ0n) is 44.7. The lowest BCUT2D eigenvalue weighted by molar-refractivity contribution is -0.114. The molecule has 9 heterocycles. The first-order chi connectivity index (χ1) is 36.5. The first kappa shape index (κ1) is 56.4. The van der Waals surface area contributed by atoms with E-state index in [0.29, 0.717) is 4.88 Å². The monoisotopic (exact) mass is 1120 g/mol. The molecule has 12 rings (SSSR count). The second-order valence-corrected chi connectivity index (χ2v) is 24.9. The number of aldehydes is 1. The Labute approximate surface area is 466 Å². The molecule has 0 bridgehead atoms. The summed E-state index contributed by atoms with van der Waals surface area (Å²) in [6.07, 6.45) is 9.92. The number of aromatic nitrogens is 3. The molecule has 2 amide bonds. The second-order valence-electron chi connectivity index (χ2n) is 18.5. The molecule has 4 N–H and O–H groups in total. The average molecular weight is 1120 g/mol. The highest BCUT2D eigenvalue weighted by Gasteiger charge is 2.31. The second kappa shape index (κ2) is 26.5. The summed E-state index contributed by atoms with van der Waals surface area (Å²) in [6.45, 7) is 23.2.